The Bertz CT molecular complexity index is 810. The molecule has 0 spiro atoms. The molecule has 6 heteroatoms. The molecule has 1 heterocycles. The molecule has 2 N–H and O–H groups in total. The molecule has 1 saturated heterocycles. The third-order valence-electron chi connectivity index (χ3n) is 6.00. The average Bonchev–Trinajstić information content (AvgIpc) is 2.83. The van der Waals surface area contributed by atoms with Crippen LogP contribution in [0.15, 0.2) is 53.5 Å². The molecule has 1 atom stereocenters. The monoisotopic (exact) mass is 424 g/mol. The van der Waals surface area contributed by atoms with Gasteiger partial charge in [0.15, 0.2) is 5.96 Å². The Labute approximate surface area is 186 Å². The van der Waals surface area contributed by atoms with Gasteiger partial charge < -0.3 is 25.0 Å². The van der Waals surface area contributed by atoms with E-state index in [1.165, 1.54) is 5.56 Å². The number of nitrogens with zero attached hydrogens (tertiary/aromatic N) is 2. The molecular formula is C25H36N4O2. The molecule has 1 fully saturated rings. The van der Waals surface area contributed by atoms with Crippen LogP contribution in [-0.2, 0) is 0 Å². The number of aliphatic imine (C=N–C) groups is 1. The summed E-state index contributed by atoms with van der Waals surface area (Å²) >= 11 is 0. The molecular weight excluding hydrogens is 388 g/mol. The van der Waals surface area contributed by atoms with E-state index in [9.17, 15) is 0 Å². The Morgan fingerprint density at radius 3 is 2.29 bits per heavy atom. The SMILES string of the molecule is CN=C(NCCC(C)c1ccccc1)NC1CCN(c2cc(OC)cc(OC)c2)CC1. The molecule has 0 saturated carbocycles. The van der Waals surface area contributed by atoms with Gasteiger partial charge in [0.05, 0.1) is 14.2 Å². The summed E-state index contributed by atoms with van der Waals surface area (Å²) < 4.78 is 10.8. The van der Waals surface area contributed by atoms with Crippen molar-refractivity contribution >= 4 is 11.6 Å². The molecule has 2 aromatic rings. The van der Waals surface area contributed by atoms with Gasteiger partial charge in [0.25, 0.3) is 0 Å². The summed E-state index contributed by atoms with van der Waals surface area (Å²) in [5.41, 5.74) is 2.53. The van der Waals surface area contributed by atoms with Gasteiger partial charge in [-0.1, -0.05) is 37.3 Å². The fourth-order valence-electron chi connectivity index (χ4n) is 4.00. The Hall–Kier alpha value is -2.89. The van der Waals surface area contributed by atoms with Crippen molar-refractivity contribution < 1.29 is 9.47 Å². The lowest BCUT2D eigenvalue weighted by Crippen LogP contribution is -2.49. The third-order valence-corrected chi connectivity index (χ3v) is 6.00. The molecule has 168 valence electrons. The van der Waals surface area contributed by atoms with E-state index in [-0.39, 0.29) is 0 Å². The van der Waals surface area contributed by atoms with Crippen molar-refractivity contribution in [3.05, 3.63) is 54.1 Å². The van der Waals surface area contributed by atoms with Crippen LogP contribution < -0.4 is 25.0 Å². The average molecular weight is 425 g/mol. The summed E-state index contributed by atoms with van der Waals surface area (Å²) in [7, 11) is 5.22. The van der Waals surface area contributed by atoms with Crippen LogP contribution in [0.25, 0.3) is 0 Å². The standard InChI is InChI=1S/C25H36N4O2/c1-19(20-8-6-5-7-9-20)10-13-27-25(26-2)28-21-11-14-29(15-12-21)22-16-23(30-3)18-24(17-22)31-4/h5-9,16-19,21H,10-15H2,1-4H3,(H2,26,27,28). The number of anilines is 1. The summed E-state index contributed by atoms with van der Waals surface area (Å²) in [6, 6.07) is 17.1. The maximum absolute atomic E-state index is 5.42. The number of nitrogens with one attached hydrogen (secondary N) is 2. The van der Waals surface area contributed by atoms with Crippen LogP contribution in [0.2, 0.25) is 0 Å². The molecule has 0 amide bonds. The number of benzene rings is 2. The number of methoxy groups -OCH3 is 2. The van der Waals surface area contributed by atoms with Crippen LogP contribution in [0.5, 0.6) is 11.5 Å². The van der Waals surface area contributed by atoms with Gasteiger partial charge in [-0.15, -0.1) is 0 Å². The largest absolute Gasteiger partial charge is 0.497 e. The summed E-state index contributed by atoms with van der Waals surface area (Å²) in [5, 5.41) is 7.08. The lowest BCUT2D eigenvalue weighted by molar-refractivity contribution is 0.393. The Balaban J connectivity index is 1.45. The molecule has 1 aliphatic rings. The van der Waals surface area contributed by atoms with Crippen molar-refractivity contribution in [2.24, 2.45) is 4.99 Å². The number of ether oxygens (including phenoxy) is 2. The molecule has 0 bridgehead atoms. The Morgan fingerprint density at radius 1 is 1.06 bits per heavy atom. The number of piperidine rings is 1. The van der Waals surface area contributed by atoms with Gasteiger partial charge in [-0.05, 0) is 30.7 Å². The van der Waals surface area contributed by atoms with Crippen molar-refractivity contribution in [1.29, 1.82) is 0 Å². The fourth-order valence-corrected chi connectivity index (χ4v) is 4.00. The van der Waals surface area contributed by atoms with Crippen LogP contribution >= 0.6 is 0 Å². The zero-order chi connectivity index (χ0) is 22.1. The van der Waals surface area contributed by atoms with Gasteiger partial charge in [-0.25, -0.2) is 0 Å². The second-order valence-corrected chi connectivity index (χ2v) is 8.08. The summed E-state index contributed by atoms with van der Waals surface area (Å²) in [4.78, 5) is 6.81. The molecule has 0 aliphatic carbocycles. The number of hydrogen-bond donors (Lipinski definition) is 2. The van der Waals surface area contributed by atoms with Crippen molar-refractivity contribution in [2.45, 2.75) is 38.1 Å². The highest BCUT2D eigenvalue weighted by atomic mass is 16.5. The minimum absolute atomic E-state index is 0.418. The van der Waals surface area contributed by atoms with Crippen molar-refractivity contribution in [2.75, 3.05) is 45.8 Å². The van der Waals surface area contributed by atoms with Gasteiger partial charge in [0, 0.05) is 56.6 Å². The highest BCUT2D eigenvalue weighted by Crippen LogP contribution is 2.30. The number of guanidine groups is 1. The van der Waals surface area contributed by atoms with Crippen molar-refractivity contribution in [1.82, 2.24) is 10.6 Å². The summed E-state index contributed by atoms with van der Waals surface area (Å²) in [6.45, 7) is 5.14. The lowest BCUT2D eigenvalue weighted by atomic mass is 9.98. The van der Waals surface area contributed by atoms with Gasteiger partial charge in [0.1, 0.15) is 11.5 Å². The van der Waals surface area contributed by atoms with Crippen LogP contribution in [0.1, 0.15) is 37.7 Å². The second kappa shape index (κ2) is 11.5. The molecule has 3 rings (SSSR count). The molecule has 6 nitrogen and oxygen atoms in total. The molecule has 0 radical (unpaired) electrons. The van der Waals surface area contributed by atoms with E-state index in [2.05, 4.69) is 69.9 Å². The molecule has 2 aromatic carbocycles. The van der Waals surface area contributed by atoms with E-state index in [4.69, 9.17) is 9.47 Å². The molecule has 31 heavy (non-hydrogen) atoms. The predicted molar refractivity (Wildman–Crippen MR) is 129 cm³/mol. The van der Waals surface area contributed by atoms with E-state index in [0.29, 0.717) is 12.0 Å². The van der Waals surface area contributed by atoms with Crippen molar-refractivity contribution in [3.63, 3.8) is 0 Å². The zero-order valence-corrected chi connectivity index (χ0v) is 19.2. The van der Waals surface area contributed by atoms with Gasteiger partial charge in [-0.2, -0.15) is 0 Å². The Kier molecular flexibility index (Phi) is 8.44. The van der Waals surface area contributed by atoms with Crippen LogP contribution in [0.4, 0.5) is 5.69 Å². The lowest BCUT2D eigenvalue weighted by Gasteiger charge is -2.34. The Morgan fingerprint density at radius 2 is 1.71 bits per heavy atom. The first-order valence-electron chi connectivity index (χ1n) is 11.1. The first-order chi connectivity index (χ1) is 15.1. The summed E-state index contributed by atoms with van der Waals surface area (Å²) in [6.07, 6.45) is 3.18. The highest BCUT2D eigenvalue weighted by molar-refractivity contribution is 5.80. The van der Waals surface area contributed by atoms with Gasteiger partial charge >= 0.3 is 0 Å². The van der Waals surface area contributed by atoms with Crippen LogP contribution in [0.3, 0.4) is 0 Å². The smallest absolute Gasteiger partial charge is 0.191 e. The minimum Gasteiger partial charge on any atom is -0.497 e. The van der Waals surface area contributed by atoms with Gasteiger partial charge in [-0.3, -0.25) is 4.99 Å². The second-order valence-electron chi connectivity index (χ2n) is 8.08. The van der Waals surface area contributed by atoms with Gasteiger partial charge in [0.2, 0.25) is 0 Å². The number of hydrogen-bond acceptors (Lipinski definition) is 4. The molecule has 1 aliphatic heterocycles. The molecule has 1 unspecified atom stereocenters. The molecule has 0 aromatic heterocycles. The maximum atomic E-state index is 5.42. The first kappa shape index (κ1) is 22.8. The normalized spacial score (nSPS) is 16.0. The zero-order valence-electron chi connectivity index (χ0n) is 19.2. The predicted octanol–water partition coefficient (Wildman–Crippen LogP) is 4.03. The maximum Gasteiger partial charge on any atom is 0.191 e. The first-order valence-corrected chi connectivity index (χ1v) is 11.1. The van der Waals surface area contributed by atoms with E-state index < -0.39 is 0 Å². The van der Waals surface area contributed by atoms with E-state index in [0.717, 1.165) is 62.0 Å². The van der Waals surface area contributed by atoms with E-state index in [1.54, 1.807) is 14.2 Å². The summed E-state index contributed by atoms with van der Waals surface area (Å²) in [5.74, 6) is 3.06. The quantitative estimate of drug-likeness (QED) is 0.495. The highest BCUT2D eigenvalue weighted by Gasteiger charge is 2.21. The topological polar surface area (TPSA) is 58.1 Å². The van der Waals surface area contributed by atoms with Crippen LogP contribution in [0, 0.1) is 0 Å². The fraction of sp³-hybridized carbons (Fsp3) is 0.480. The van der Waals surface area contributed by atoms with E-state index >= 15 is 0 Å². The minimum atomic E-state index is 0.418. The number of rotatable bonds is 8. The van der Waals surface area contributed by atoms with Crippen LogP contribution in [-0.4, -0.2) is 52.9 Å². The van der Waals surface area contributed by atoms with E-state index in [1.807, 2.05) is 13.1 Å². The van der Waals surface area contributed by atoms with Crippen molar-refractivity contribution in [3.8, 4) is 11.5 Å². The third kappa shape index (κ3) is 6.54.